The number of primary amides is 2. The van der Waals surface area contributed by atoms with Crippen LogP contribution in [0.5, 0.6) is 5.75 Å². The van der Waals surface area contributed by atoms with Crippen LogP contribution >= 0.6 is 0 Å². The SMILES string of the molecule is COc1ccc(C[C@@](C)(NC(C(N)=O)c2ccccc2)C(N)=O)cc1. The largest absolute Gasteiger partial charge is 0.497 e. The van der Waals surface area contributed by atoms with Crippen molar-refractivity contribution in [1.82, 2.24) is 5.32 Å². The third kappa shape index (κ3) is 4.58. The molecule has 0 radical (unpaired) electrons. The molecule has 6 nitrogen and oxygen atoms in total. The van der Waals surface area contributed by atoms with E-state index < -0.39 is 23.4 Å². The predicted octanol–water partition coefficient (Wildman–Crippen LogP) is 1.30. The lowest BCUT2D eigenvalue weighted by Crippen LogP contribution is -2.57. The number of methoxy groups -OCH3 is 1. The van der Waals surface area contributed by atoms with Crippen LogP contribution in [0.2, 0.25) is 0 Å². The highest BCUT2D eigenvalue weighted by molar-refractivity contribution is 5.87. The molecular weight excluding hydrogens is 318 g/mol. The zero-order chi connectivity index (χ0) is 18.4. The minimum absolute atomic E-state index is 0.308. The molecule has 6 heteroatoms. The van der Waals surface area contributed by atoms with Gasteiger partial charge in [-0.3, -0.25) is 14.9 Å². The van der Waals surface area contributed by atoms with E-state index in [1.165, 1.54) is 0 Å². The van der Waals surface area contributed by atoms with Crippen molar-refractivity contribution in [2.45, 2.75) is 24.9 Å². The predicted molar refractivity (Wildman–Crippen MR) is 95.8 cm³/mol. The molecular formula is C19H23N3O3. The van der Waals surface area contributed by atoms with Gasteiger partial charge in [0.05, 0.1) is 12.6 Å². The molecule has 0 fully saturated rings. The van der Waals surface area contributed by atoms with E-state index in [2.05, 4.69) is 5.32 Å². The van der Waals surface area contributed by atoms with E-state index in [0.717, 1.165) is 11.3 Å². The van der Waals surface area contributed by atoms with E-state index >= 15 is 0 Å². The van der Waals surface area contributed by atoms with Crippen molar-refractivity contribution in [3.05, 3.63) is 65.7 Å². The Kier molecular flexibility index (Phi) is 5.77. The first-order valence-electron chi connectivity index (χ1n) is 7.90. The molecule has 2 rings (SSSR count). The smallest absolute Gasteiger partial charge is 0.239 e. The van der Waals surface area contributed by atoms with Crippen LogP contribution < -0.4 is 21.5 Å². The average molecular weight is 341 g/mol. The minimum Gasteiger partial charge on any atom is -0.497 e. The van der Waals surface area contributed by atoms with Crippen molar-refractivity contribution in [1.29, 1.82) is 0 Å². The molecule has 0 saturated carbocycles. The van der Waals surface area contributed by atoms with Gasteiger partial charge in [-0.2, -0.15) is 0 Å². The maximum atomic E-state index is 12.1. The summed E-state index contributed by atoms with van der Waals surface area (Å²) in [7, 11) is 1.58. The van der Waals surface area contributed by atoms with Gasteiger partial charge < -0.3 is 16.2 Å². The Hall–Kier alpha value is -2.86. The van der Waals surface area contributed by atoms with Crippen LogP contribution in [-0.2, 0) is 16.0 Å². The number of hydrogen-bond donors (Lipinski definition) is 3. The first kappa shape index (κ1) is 18.5. The standard InChI is InChI=1S/C19H23N3O3/c1-19(18(21)24,12-13-8-10-15(25-2)11-9-13)22-16(17(20)23)14-6-4-3-5-7-14/h3-11,16,22H,12H2,1-2H3,(H2,20,23)(H2,21,24)/t16?,19-/m1/s1. The Labute approximate surface area is 147 Å². The monoisotopic (exact) mass is 341 g/mol. The maximum Gasteiger partial charge on any atom is 0.239 e. The molecule has 0 aliphatic rings. The van der Waals surface area contributed by atoms with Gasteiger partial charge in [0.25, 0.3) is 0 Å². The summed E-state index contributed by atoms with van der Waals surface area (Å²) < 4.78 is 5.13. The van der Waals surface area contributed by atoms with Crippen LogP contribution in [0, 0.1) is 0 Å². The Bertz CT molecular complexity index is 731. The highest BCUT2D eigenvalue weighted by Crippen LogP contribution is 2.22. The summed E-state index contributed by atoms with van der Waals surface area (Å²) in [5, 5.41) is 3.04. The molecule has 5 N–H and O–H groups in total. The molecule has 1 unspecified atom stereocenters. The number of nitrogens with one attached hydrogen (secondary N) is 1. The molecule has 0 aromatic heterocycles. The van der Waals surface area contributed by atoms with E-state index in [9.17, 15) is 9.59 Å². The van der Waals surface area contributed by atoms with Crippen molar-refractivity contribution in [3.63, 3.8) is 0 Å². The average Bonchev–Trinajstić information content (AvgIpc) is 2.61. The molecule has 2 atom stereocenters. The lowest BCUT2D eigenvalue weighted by Gasteiger charge is -2.31. The topological polar surface area (TPSA) is 107 Å². The molecule has 0 spiro atoms. The molecule has 2 amide bonds. The van der Waals surface area contributed by atoms with Crippen molar-refractivity contribution >= 4 is 11.8 Å². The van der Waals surface area contributed by atoms with Crippen molar-refractivity contribution in [2.24, 2.45) is 11.5 Å². The van der Waals surface area contributed by atoms with Crippen LogP contribution in [0.3, 0.4) is 0 Å². The van der Waals surface area contributed by atoms with Gasteiger partial charge >= 0.3 is 0 Å². The molecule has 2 aromatic rings. The second kappa shape index (κ2) is 7.81. The highest BCUT2D eigenvalue weighted by atomic mass is 16.5. The first-order chi connectivity index (χ1) is 11.9. The van der Waals surface area contributed by atoms with Crippen LogP contribution in [0.15, 0.2) is 54.6 Å². The van der Waals surface area contributed by atoms with Gasteiger partial charge in [-0.05, 0) is 36.6 Å². The summed E-state index contributed by atoms with van der Waals surface area (Å²) in [5.74, 6) is -0.421. The maximum absolute atomic E-state index is 12.1. The number of ether oxygens (including phenoxy) is 1. The molecule has 25 heavy (non-hydrogen) atoms. The number of carbonyl (C=O) groups is 2. The van der Waals surface area contributed by atoms with Crippen LogP contribution in [0.1, 0.15) is 24.1 Å². The van der Waals surface area contributed by atoms with Crippen LogP contribution in [0.4, 0.5) is 0 Å². The number of benzene rings is 2. The first-order valence-corrected chi connectivity index (χ1v) is 7.90. The summed E-state index contributed by atoms with van der Waals surface area (Å²) in [6, 6.07) is 15.5. The Balaban J connectivity index is 2.27. The third-order valence-corrected chi connectivity index (χ3v) is 4.14. The normalized spacial score (nSPS) is 14.3. The number of nitrogens with two attached hydrogens (primary N) is 2. The lowest BCUT2D eigenvalue weighted by atomic mass is 9.89. The van der Waals surface area contributed by atoms with Crippen molar-refractivity contribution < 1.29 is 14.3 Å². The highest BCUT2D eigenvalue weighted by Gasteiger charge is 2.35. The summed E-state index contributed by atoms with van der Waals surface area (Å²) in [4.78, 5) is 24.0. The van der Waals surface area contributed by atoms with Crippen LogP contribution in [0.25, 0.3) is 0 Å². The van der Waals surface area contributed by atoms with Gasteiger partial charge in [0.15, 0.2) is 0 Å². The summed E-state index contributed by atoms with van der Waals surface area (Å²) in [6.45, 7) is 1.67. The van der Waals surface area contributed by atoms with E-state index in [1.54, 1.807) is 50.4 Å². The fourth-order valence-electron chi connectivity index (χ4n) is 2.64. The Morgan fingerprint density at radius 3 is 2.16 bits per heavy atom. The van der Waals surface area contributed by atoms with Crippen LogP contribution in [-0.4, -0.2) is 24.5 Å². The van der Waals surface area contributed by atoms with Gasteiger partial charge in [-0.15, -0.1) is 0 Å². The number of carbonyl (C=O) groups excluding carboxylic acids is 2. The fourth-order valence-corrected chi connectivity index (χ4v) is 2.64. The molecule has 0 saturated heterocycles. The van der Waals surface area contributed by atoms with Gasteiger partial charge in [-0.1, -0.05) is 42.5 Å². The molecule has 0 aliphatic heterocycles. The second-order valence-electron chi connectivity index (χ2n) is 6.11. The van der Waals surface area contributed by atoms with Crippen molar-refractivity contribution in [2.75, 3.05) is 7.11 Å². The number of hydrogen-bond acceptors (Lipinski definition) is 4. The van der Waals surface area contributed by atoms with Gasteiger partial charge in [0, 0.05) is 0 Å². The van der Waals surface area contributed by atoms with E-state index in [-0.39, 0.29) is 0 Å². The van der Waals surface area contributed by atoms with E-state index in [4.69, 9.17) is 16.2 Å². The molecule has 0 heterocycles. The quantitative estimate of drug-likeness (QED) is 0.672. The Morgan fingerprint density at radius 1 is 1.08 bits per heavy atom. The number of rotatable bonds is 8. The van der Waals surface area contributed by atoms with E-state index in [1.807, 2.05) is 18.2 Å². The minimum atomic E-state index is -1.15. The van der Waals surface area contributed by atoms with E-state index in [0.29, 0.717) is 12.0 Å². The van der Waals surface area contributed by atoms with Crippen molar-refractivity contribution in [3.8, 4) is 5.75 Å². The van der Waals surface area contributed by atoms with Gasteiger partial charge in [-0.25, -0.2) is 0 Å². The second-order valence-corrected chi connectivity index (χ2v) is 6.11. The number of amides is 2. The van der Waals surface area contributed by atoms with Gasteiger partial charge in [0.1, 0.15) is 11.8 Å². The molecule has 132 valence electrons. The lowest BCUT2D eigenvalue weighted by molar-refractivity contribution is -0.126. The molecule has 0 bridgehead atoms. The summed E-state index contributed by atoms with van der Waals surface area (Å²) >= 11 is 0. The third-order valence-electron chi connectivity index (χ3n) is 4.14. The summed E-state index contributed by atoms with van der Waals surface area (Å²) in [5.41, 5.74) is 11.6. The van der Waals surface area contributed by atoms with Gasteiger partial charge in [0.2, 0.25) is 11.8 Å². The summed E-state index contributed by atoms with van der Waals surface area (Å²) in [6.07, 6.45) is 0.308. The zero-order valence-electron chi connectivity index (χ0n) is 14.4. The zero-order valence-corrected chi connectivity index (χ0v) is 14.4. The fraction of sp³-hybridized carbons (Fsp3) is 0.263. The Morgan fingerprint density at radius 2 is 1.68 bits per heavy atom. The molecule has 0 aliphatic carbocycles. The molecule has 2 aromatic carbocycles.